The van der Waals surface area contributed by atoms with Gasteiger partial charge in [-0.25, -0.2) is 0 Å². The van der Waals surface area contributed by atoms with Gasteiger partial charge in [-0.05, 0) is 22.8 Å². The number of amides is 1. The molecule has 5 heteroatoms. The zero-order valence-electron chi connectivity index (χ0n) is 13.1. The Morgan fingerprint density at radius 2 is 1.46 bits per heavy atom. The molecule has 0 fully saturated rings. The van der Waals surface area contributed by atoms with Crippen molar-refractivity contribution in [2.45, 2.75) is 6.54 Å². The van der Waals surface area contributed by atoms with Gasteiger partial charge in [-0.3, -0.25) is 4.79 Å². The molecule has 0 aliphatic heterocycles. The van der Waals surface area contributed by atoms with Crippen LogP contribution in [0.4, 0.5) is 0 Å². The molecular formula is C19H18N4O. The maximum absolute atomic E-state index is 12.0. The summed E-state index contributed by atoms with van der Waals surface area (Å²) in [5, 5.41) is 0. The van der Waals surface area contributed by atoms with Gasteiger partial charge in [-0.2, -0.15) is 4.99 Å². The van der Waals surface area contributed by atoms with Crippen LogP contribution in [0, 0.1) is 0 Å². The maximum atomic E-state index is 12.0. The topological polar surface area (TPSA) is 86.4 Å². The second-order valence-corrected chi connectivity index (χ2v) is 5.40. The molecule has 1 heterocycles. The summed E-state index contributed by atoms with van der Waals surface area (Å²) >= 11 is 0. The first-order valence-electron chi connectivity index (χ1n) is 7.57. The van der Waals surface area contributed by atoms with E-state index in [1.54, 1.807) is 0 Å². The average Bonchev–Trinajstić information content (AvgIpc) is 2.99. The summed E-state index contributed by atoms with van der Waals surface area (Å²) in [7, 11) is 0. The molecule has 24 heavy (non-hydrogen) atoms. The molecule has 0 aliphatic rings. The Labute approximate surface area is 140 Å². The summed E-state index contributed by atoms with van der Waals surface area (Å²) in [4.78, 5) is 15.6. The number of guanidine groups is 1. The summed E-state index contributed by atoms with van der Waals surface area (Å²) in [5.41, 5.74) is 14.7. The van der Waals surface area contributed by atoms with Crippen LogP contribution in [-0.2, 0) is 11.3 Å². The number of nitrogens with two attached hydrogens (primary N) is 2. The van der Waals surface area contributed by atoms with Crippen molar-refractivity contribution in [1.82, 2.24) is 4.57 Å². The van der Waals surface area contributed by atoms with Gasteiger partial charge in [0, 0.05) is 11.9 Å². The molecule has 0 radical (unpaired) electrons. The number of benzene rings is 2. The minimum atomic E-state index is -0.387. The van der Waals surface area contributed by atoms with Gasteiger partial charge in [0.15, 0.2) is 5.96 Å². The normalized spacial score (nSPS) is 10.3. The molecule has 1 amide bonds. The maximum Gasteiger partial charge on any atom is 0.268 e. The highest BCUT2D eigenvalue weighted by atomic mass is 16.1. The van der Waals surface area contributed by atoms with Crippen molar-refractivity contribution in [3.63, 3.8) is 0 Å². The van der Waals surface area contributed by atoms with Crippen molar-refractivity contribution in [2.24, 2.45) is 16.5 Å². The van der Waals surface area contributed by atoms with Crippen LogP contribution in [-0.4, -0.2) is 16.4 Å². The number of aliphatic imine (C=N–C) groups is 1. The van der Waals surface area contributed by atoms with E-state index in [4.69, 9.17) is 11.5 Å². The molecule has 3 rings (SSSR count). The second kappa shape index (κ2) is 6.83. The lowest BCUT2D eigenvalue weighted by molar-refractivity contribution is -0.118. The van der Waals surface area contributed by atoms with Crippen molar-refractivity contribution >= 4 is 11.9 Å². The first-order valence-corrected chi connectivity index (χ1v) is 7.57. The van der Waals surface area contributed by atoms with E-state index in [0.717, 1.165) is 22.4 Å². The van der Waals surface area contributed by atoms with E-state index in [9.17, 15) is 4.79 Å². The van der Waals surface area contributed by atoms with E-state index in [2.05, 4.69) is 11.1 Å². The Hall–Kier alpha value is -3.34. The van der Waals surface area contributed by atoms with E-state index < -0.39 is 0 Å². The fourth-order valence-corrected chi connectivity index (χ4v) is 2.61. The van der Waals surface area contributed by atoms with Crippen molar-refractivity contribution in [3.05, 3.63) is 72.9 Å². The van der Waals surface area contributed by atoms with Crippen LogP contribution in [0.3, 0.4) is 0 Å². The summed E-state index contributed by atoms with van der Waals surface area (Å²) in [6, 6.07) is 22.0. The van der Waals surface area contributed by atoms with Gasteiger partial charge < -0.3 is 16.0 Å². The zero-order valence-corrected chi connectivity index (χ0v) is 13.1. The number of hydrogen-bond donors (Lipinski definition) is 2. The van der Waals surface area contributed by atoms with Gasteiger partial charge in [0.1, 0.15) is 6.54 Å². The molecule has 0 bridgehead atoms. The van der Waals surface area contributed by atoms with E-state index in [1.807, 2.05) is 71.4 Å². The fraction of sp³-hybridized carbons (Fsp3) is 0.0526. The predicted molar refractivity (Wildman–Crippen MR) is 96.1 cm³/mol. The lowest BCUT2D eigenvalue weighted by Crippen LogP contribution is -2.25. The van der Waals surface area contributed by atoms with Gasteiger partial charge in [0.25, 0.3) is 5.91 Å². The van der Waals surface area contributed by atoms with E-state index in [0.29, 0.717) is 0 Å². The molecule has 0 unspecified atom stereocenters. The van der Waals surface area contributed by atoms with Crippen LogP contribution in [0.15, 0.2) is 77.9 Å². The lowest BCUT2D eigenvalue weighted by Gasteiger charge is -2.06. The van der Waals surface area contributed by atoms with Crippen LogP contribution in [0.1, 0.15) is 0 Å². The largest absolute Gasteiger partial charge is 0.370 e. The quantitative estimate of drug-likeness (QED) is 0.572. The summed E-state index contributed by atoms with van der Waals surface area (Å²) in [5.74, 6) is -0.612. The van der Waals surface area contributed by atoms with Gasteiger partial charge in [-0.15, -0.1) is 0 Å². The fourth-order valence-electron chi connectivity index (χ4n) is 2.61. The molecule has 120 valence electrons. The van der Waals surface area contributed by atoms with E-state index in [-0.39, 0.29) is 18.4 Å². The number of hydrogen-bond acceptors (Lipinski definition) is 1. The smallest absolute Gasteiger partial charge is 0.268 e. The Morgan fingerprint density at radius 3 is 2.04 bits per heavy atom. The van der Waals surface area contributed by atoms with Crippen molar-refractivity contribution < 1.29 is 4.79 Å². The minimum absolute atomic E-state index is 0.0783. The van der Waals surface area contributed by atoms with Crippen LogP contribution >= 0.6 is 0 Å². The zero-order chi connectivity index (χ0) is 16.9. The first-order chi connectivity index (χ1) is 11.6. The highest BCUT2D eigenvalue weighted by molar-refractivity contribution is 5.91. The standard InChI is InChI=1S/C19H18N4O/c20-19(21)22-18(24)13-23-12-16(14-7-3-1-4-8-14)11-17(23)15-9-5-2-6-10-15/h1-12H,13H2,(H4,20,21,22,24). The summed E-state index contributed by atoms with van der Waals surface area (Å²) in [6.07, 6.45) is 1.94. The Bertz CT molecular complexity index is 863. The van der Waals surface area contributed by atoms with Gasteiger partial charge in [0.2, 0.25) is 0 Å². The SMILES string of the molecule is NC(N)=NC(=O)Cn1cc(-c2ccccc2)cc1-c1ccccc1. The van der Waals surface area contributed by atoms with Crippen LogP contribution in [0.25, 0.3) is 22.4 Å². The number of carbonyl (C=O) groups excluding carboxylic acids is 1. The highest BCUT2D eigenvalue weighted by Crippen LogP contribution is 2.28. The van der Waals surface area contributed by atoms with Crippen molar-refractivity contribution in [3.8, 4) is 22.4 Å². The van der Waals surface area contributed by atoms with Gasteiger partial charge in [0.05, 0.1) is 0 Å². The Kier molecular flexibility index (Phi) is 4.43. The van der Waals surface area contributed by atoms with Gasteiger partial charge in [-0.1, -0.05) is 60.7 Å². The minimum Gasteiger partial charge on any atom is -0.370 e. The molecule has 0 aliphatic carbocycles. The highest BCUT2D eigenvalue weighted by Gasteiger charge is 2.12. The average molecular weight is 318 g/mol. The third-order valence-electron chi connectivity index (χ3n) is 3.63. The number of nitrogens with zero attached hydrogens (tertiary/aromatic N) is 2. The monoisotopic (exact) mass is 318 g/mol. The predicted octanol–water partition coefficient (Wildman–Crippen LogP) is 2.62. The van der Waals surface area contributed by atoms with Crippen LogP contribution in [0.5, 0.6) is 0 Å². The molecule has 1 aromatic heterocycles. The molecule has 0 saturated carbocycles. The number of carbonyl (C=O) groups is 1. The van der Waals surface area contributed by atoms with E-state index >= 15 is 0 Å². The molecule has 0 saturated heterocycles. The lowest BCUT2D eigenvalue weighted by atomic mass is 10.1. The van der Waals surface area contributed by atoms with Crippen LogP contribution < -0.4 is 11.5 Å². The van der Waals surface area contributed by atoms with Crippen LogP contribution in [0.2, 0.25) is 0 Å². The third kappa shape index (κ3) is 3.52. The molecule has 4 N–H and O–H groups in total. The van der Waals surface area contributed by atoms with Crippen molar-refractivity contribution in [1.29, 1.82) is 0 Å². The van der Waals surface area contributed by atoms with Crippen molar-refractivity contribution in [2.75, 3.05) is 0 Å². The Balaban J connectivity index is 2.04. The number of aromatic nitrogens is 1. The Morgan fingerprint density at radius 1 is 0.875 bits per heavy atom. The third-order valence-corrected chi connectivity index (χ3v) is 3.63. The first kappa shape index (κ1) is 15.6. The summed E-state index contributed by atoms with van der Waals surface area (Å²) < 4.78 is 1.87. The molecule has 0 atom stereocenters. The van der Waals surface area contributed by atoms with E-state index in [1.165, 1.54) is 0 Å². The molecule has 3 aromatic rings. The second-order valence-electron chi connectivity index (χ2n) is 5.40. The number of rotatable bonds is 4. The molecule has 2 aromatic carbocycles. The summed E-state index contributed by atoms with van der Waals surface area (Å²) in [6.45, 7) is 0.0783. The molecule has 5 nitrogen and oxygen atoms in total. The van der Waals surface area contributed by atoms with Gasteiger partial charge >= 0.3 is 0 Å². The molecular weight excluding hydrogens is 300 g/mol. The molecule has 0 spiro atoms.